The molecular weight excluding hydrogens is 813 g/mol. The average molecular weight is 877 g/mol. The Kier molecular flexibility index (Phi) is 14.1. The van der Waals surface area contributed by atoms with Gasteiger partial charge in [0, 0.05) is 85.1 Å². The number of amides is 1. The van der Waals surface area contributed by atoms with Crippen LogP contribution in [-0.2, 0) is 27.2 Å². The van der Waals surface area contributed by atoms with Crippen LogP contribution in [0.15, 0.2) is 73.8 Å². The van der Waals surface area contributed by atoms with Crippen molar-refractivity contribution in [2.45, 2.75) is 109 Å². The highest BCUT2D eigenvalue weighted by Gasteiger charge is 2.64. The van der Waals surface area contributed by atoms with Gasteiger partial charge >= 0.3 is 11.6 Å². The molecular formula is C47H64N4O8S2. The number of ether oxygens (including phenoxy) is 2. The Hall–Kier alpha value is -3.69. The van der Waals surface area contributed by atoms with E-state index in [-0.39, 0.29) is 30.9 Å². The monoisotopic (exact) mass is 876 g/mol. The van der Waals surface area contributed by atoms with Crippen molar-refractivity contribution in [1.82, 2.24) is 15.5 Å². The fourth-order valence-electron chi connectivity index (χ4n) is 9.79. The molecule has 0 radical (unpaired) electrons. The number of nitrogens with zero attached hydrogens (tertiary/aromatic N) is 1. The third-order valence-electron chi connectivity index (χ3n) is 13.7. The Bertz CT molecular complexity index is 2180. The van der Waals surface area contributed by atoms with Gasteiger partial charge in [-0.05, 0) is 107 Å². The summed E-state index contributed by atoms with van der Waals surface area (Å²) in [7, 11) is 5.51. The van der Waals surface area contributed by atoms with Gasteiger partial charge in [-0.2, -0.15) is 0 Å². The van der Waals surface area contributed by atoms with Gasteiger partial charge in [-0.1, -0.05) is 53.2 Å². The van der Waals surface area contributed by atoms with Crippen molar-refractivity contribution in [3.63, 3.8) is 0 Å². The number of hydrogen-bond acceptors (Lipinski definition) is 13. The van der Waals surface area contributed by atoms with Crippen molar-refractivity contribution >= 4 is 44.4 Å². The van der Waals surface area contributed by atoms with E-state index < -0.39 is 34.8 Å². The Morgan fingerprint density at radius 1 is 1.18 bits per heavy atom. The number of nitrogens with one attached hydrogen (secondary N) is 2. The summed E-state index contributed by atoms with van der Waals surface area (Å²) in [6.45, 7) is 11.6. The largest absolute Gasteiger partial charge is 0.481 e. The van der Waals surface area contributed by atoms with Crippen LogP contribution < -0.4 is 26.7 Å². The van der Waals surface area contributed by atoms with E-state index in [2.05, 4.69) is 30.6 Å². The second kappa shape index (κ2) is 19.0. The quantitative estimate of drug-likeness (QED) is 0.0526. The molecule has 0 bridgehead atoms. The molecule has 1 aliphatic carbocycles. The lowest BCUT2D eigenvalue weighted by molar-refractivity contribution is -0.186. The predicted molar refractivity (Wildman–Crippen MR) is 243 cm³/mol. The Labute approximate surface area is 367 Å². The molecule has 1 fully saturated rings. The minimum Gasteiger partial charge on any atom is -0.481 e. The molecule has 14 heteroatoms. The van der Waals surface area contributed by atoms with Gasteiger partial charge in [-0.3, -0.25) is 4.79 Å². The average Bonchev–Trinajstić information content (AvgIpc) is 3.59. The molecule has 1 spiro atoms. The molecule has 7 unspecified atom stereocenters. The Morgan fingerprint density at radius 2 is 1.97 bits per heavy atom. The lowest BCUT2D eigenvalue weighted by Gasteiger charge is -2.53. The molecule has 1 saturated heterocycles. The van der Waals surface area contributed by atoms with Crippen LogP contribution in [-0.4, -0.2) is 95.1 Å². The molecule has 6 N–H and O–H groups in total. The van der Waals surface area contributed by atoms with Crippen LogP contribution in [0.1, 0.15) is 84.3 Å². The molecule has 5 aliphatic rings. The van der Waals surface area contributed by atoms with Crippen LogP contribution in [0.3, 0.4) is 0 Å². The van der Waals surface area contributed by atoms with E-state index in [1.54, 1.807) is 40.7 Å². The van der Waals surface area contributed by atoms with Crippen LogP contribution >= 0.6 is 21.6 Å². The van der Waals surface area contributed by atoms with Crippen molar-refractivity contribution in [3.8, 4) is 5.75 Å². The summed E-state index contributed by atoms with van der Waals surface area (Å²) in [5.74, 6) is 2.41. The van der Waals surface area contributed by atoms with Gasteiger partial charge in [0.25, 0.3) is 0 Å². The van der Waals surface area contributed by atoms with Gasteiger partial charge in [0.2, 0.25) is 5.91 Å². The molecule has 332 valence electrons. The number of allylic oxidation sites excluding steroid dienone is 2. The minimum absolute atomic E-state index is 0.0819. The third-order valence-corrected chi connectivity index (χ3v) is 16.0. The maximum Gasteiger partial charge on any atom is 0.339 e. The zero-order valence-corrected chi connectivity index (χ0v) is 38.1. The standard InChI is InChI=1S/C47H64N4O8S2/c1-7-28(4)44(55)59-46(5)13-12-30-25-60-61-26-38-35(21-49-6)23-51(38)42(54)17-34-22-50-41(48)18-37(34)43(30)47(46)20-33-16-31-15-32(45(56)57-39(31)19-40(33)58-47)14-29(24-52)9-11-36(53)10-8-27(2)3/h7,12,15-16,18-19,27,29,35-36,38,43,49-50,52-53H,8-11,13-14,17,20-26,48H2,1-6H3. The predicted octanol–water partition coefficient (Wildman–Crippen LogP) is 5.94. The van der Waals surface area contributed by atoms with Crippen molar-refractivity contribution in [2.24, 2.45) is 29.4 Å². The highest BCUT2D eigenvalue weighted by atomic mass is 33.1. The van der Waals surface area contributed by atoms with E-state index in [0.717, 1.165) is 46.4 Å². The first-order valence-corrected chi connectivity index (χ1v) is 24.4. The summed E-state index contributed by atoms with van der Waals surface area (Å²) < 4.78 is 19.9. The number of aliphatic hydroxyl groups excluding tert-OH is 2. The van der Waals surface area contributed by atoms with Crippen LogP contribution in [0.2, 0.25) is 0 Å². The smallest absolute Gasteiger partial charge is 0.339 e. The summed E-state index contributed by atoms with van der Waals surface area (Å²) in [5.41, 5.74) is 8.88. The SMILES string of the molecule is CC=C(C)C(=O)OC1(C)CC=C2CSSCC3C(CNC)CN3C(=O)CC3=C(C=C(N)NC3)C2C12Cc1cc3cc(CC(CO)CCC(O)CCC(C)C)c(=O)oc3cc1O2. The molecule has 2 aromatic rings. The van der Waals surface area contributed by atoms with Crippen LogP contribution in [0.5, 0.6) is 5.75 Å². The fraction of sp³-hybridized carbons (Fsp3) is 0.596. The van der Waals surface area contributed by atoms with Crippen LogP contribution in [0.25, 0.3) is 11.0 Å². The first-order chi connectivity index (χ1) is 29.2. The van der Waals surface area contributed by atoms with Gasteiger partial charge in [-0.25, -0.2) is 9.59 Å². The van der Waals surface area contributed by atoms with E-state index in [1.807, 2.05) is 44.0 Å². The number of carbonyl (C=O) groups excluding carboxylic acids is 2. The number of aliphatic hydroxyl groups is 2. The highest BCUT2D eigenvalue weighted by molar-refractivity contribution is 8.76. The molecule has 1 amide bonds. The molecule has 1 aromatic heterocycles. The summed E-state index contributed by atoms with van der Waals surface area (Å²) in [6.07, 6.45) is 9.49. The first kappa shape index (κ1) is 45.3. The molecule has 4 aliphatic heterocycles. The van der Waals surface area contributed by atoms with Gasteiger partial charge in [0.15, 0.2) is 11.2 Å². The molecule has 7 rings (SSSR count). The lowest BCUT2D eigenvalue weighted by Crippen LogP contribution is -2.65. The molecule has 1 aromatic carbocycles. The third kappa shape index (κ3) is 9.35. The second-order valence-electron chi connectivity index (χ2n) is 18.4. The summed E-state index contributed by atoms with van der Waals surface area (Å²) >= 11 is 0. The van der Waals surface area contributed by atoms with E-state index in [0.29, 0.717) is 97.5 Å². The number of esters is 1. The topological polar surface area (TPSA) is 177 Å². The van der Waals surface area contributed by atoms with Crippen LogP contribution in [0.4, 0.5) is 0 Å². The van der Waals surface area contributed by atoms with E-state index >= 15 is 0 Å². The number of hydrogen-bond donors (Lipinski definition) is 5. The second-order valence-corrected chi connectivity index (χ2v) is 20.9. The van der Waals surface area contributed by atoms with Gasteiger partial charge in [-0.15, -0.1) is 0 Å². The minimum atomic E-state index is -1.18. The number of rotatable bonds is 13. The molecule has 7 atom stereocenters. The van der Waals surface area contributed by atoms with E-state index in [4.69, 9.17) is 19.6 Å². The van der Waals surface area contributed by atoms with E-state index in [1.165, 1.54) is 0 Å². The Balaban J connectivity index is 1.28. The maximum atomic E-state index is 14.2. The fourth-order valence-corrected chi connectivity index (χ4v) is 12.4. The zero-order valence-electron chi connectivity index (χ0n) is 36.5. The molecule has 61 heavy (non-hydrogen) atoms. The number of dihydropyridines is 1. The van der Waals surface area contributed by atoms with Gasteiger partial charge in [0.1, 0.15) is 11.3 Å². The lowest BCUT2D eigenvalue weighted by atomic mass is 9.61. The number of nitrogens with two attached hydrogens (primary N) is 1. The van der Waals surface area contributed by atoms with Crippen LogP contribution in [0, 0.1) is 23.7 Å². The molecule has 5 heterocycles. The summed E-state index contributed by atoms with van der Waals surface area (Å²) in [6, 6.07) is 5.78. The maximum absolute atomic E-state index is 14.2. The molecule has 12 nitrogen and oxygen atoms in total. The first-order valence-electron chi connectivity index (χ1n) is 21.9. The zero-order chi connectivity index (χ0) is 43.6. The van der Waals surface area contributed by atoms with Crippen molar-refractivity contribution in [2.75, 3.05) is 44.8 Å². The Morgan fingerprint density at radius 3 is 2.70 bits per heavy atom. The van der Waals surface area contributed by atoms with Crippen molar-refractivity contribution in [3.05, 3.63) is 86.1 Å². The van der Waals surface area contributed by atoms with Crippen molar-refractivity contribution < 1.29 is 33.7 Å². The number of carbonyl (C=O) groups is 2. The van der Waals surface area contributed by atoms with Crippen molar-refractivity contribution in [1.29, 1.82) is 0 Å². The van der Waals surface area contributed by atoms with Gasteiger partial charge in [0.05, 0.1) is 24.3 Å². The molecule has 0 saturated carbocycles. The normalized spacial score (nSPS) is 27.6. The van der Waals surface area contributed by atoms with E-state index in [9.17, 15) is 24.6 Å². The summed E-state index contributed by atoms with van der Waals surface area (Å²) in [4.78, 5) is 43.5. The number of benzene rings is 1. The highest BCUT2D eigenvalue weighted by Crippen LogP contribution is 2.57. The number of fused-ring (bicyclic) bond motifs is 6. The summed E-state index contributed by atoms with van der Waals surface area (Å²) in [5, 5.41) is 28.2. The van der Waals surface area contributed by atoms with Gasteiger partial charge < -0.3 is 45.4 Å².